The second-order valence-corrected chi connectivity index (χ2v) is 4.08. The molecule has 0 aliphatic heterocycles. The largest absolute Gasteiger partial charge is 0.381 e. The Labute approximate surface area is 95.9 Å². The average Bonchev–Trinajstić information content (AvgIpc) is 2.26. The molecule has 0 spiro atoms. The summed E-state index contributed by atoms with van der Waals surface area (Å²) in [6, 6.07) is 0. The van der Waals surface area contributed by atoms with Crippen LogP contribution in [0.2, 0.25) is 0 Å². The number of hydrogen-bond acceptors (Lipinski definition) is 1. The Morgan fingerprint density at radius 1 is 0.733 bits per heavy atom. The van der Waals surface area contributed by atoms with Gasteiger partial charge in [-0.05, 0) is 32.1 Å². The first-order valence-electron chi connectivity index (χ1n) is 6.64. The summed E-state index contributed by atoms with van der Waals surface area (Å²) in [5.74, 6) is 0. The van der Waals surface area contributed by atoms with E-state index in [0.29, 0.717) is 0 Å². The summed E-state index contributed by atoms with van der Waals surface area (Å²) in [7, 11) is 0. The molecule has 1 heteroatoms. The third kappa shape index (κ3) is 13.7. The number of unbranched alkanes of at least 4 members (excludes halogenated alkanes) is 5. The SMILES string of the molecule is CCCCC=CCCCCOCCCC. The quantitative estimate of drug-likeness (QED) is 0.356. The fourth-order valence-electron chi connectivity index (χ4n) is 1.37. The Morgan fingerprint density at radius 2 is 1.33 bits per heavy atom. The van der Waals surface area contributed by atoms with Gasteiger partial charge in [-0.3, -0.25) is 0 Å². The van der Waals surface area contributed by atoms with E-state index in [2.05, 4.69) is 26.0 Å². The molecule has 0 aromatic rings. The summed E-state index contributed by atoms with van der Waals surface area (Å²) >= 11 is 0. The third-order valence-electron chi connectivity index (χ3n) is 2.44. The van der Waals surface area contributed by atoms with Crippen LogP contribution < -0.4 is 0 Å². The molecule has 1 nitrogen and oxygen atoms in total. The van der Waals surface area contributed by atoms with Gasteiger partial charge in [0.25, 0.3) is 0 Å². The fourth-order valence-corrected chi connectivity index (χ4v) is 1.37. The third-order valence-corrected chi connectivity index (χ3v) is 2.44. The molecule has 0 atom stereocenters. The second-order valence-electron chi connectivity index (χ2n) is 4.08. The van der Waals surface area contributed by atoms with Crippen molar-refractivity contribution < 1.29 is 4.74 Å². The zero-order valence-corrected chi connectivity index (χ0v) is 10.6. The van der Waals surface area contributed by atoms with Crippen molar-refractivity contribution in [3.8, 4) is 0 Å². The molecule has 0 bridgehead atoms. The molecule has 0 rings (SSSR count). The van der Waals surface area contributed by atoms with Crippen molar-refractivity contribution >= 4 is 0 Å². The Hall–Kier alpha value is -0.300. The predicted octanol–water partition coefficient (Wildman–Crippen LogP) is 4.72. The van der Waals surface area contributed by atoms with Crippen molar-refractivity contribution in [2.45, 2.75) is 65.2 Å². The van der Waals surface area contributed by atoms with Gasteiger partial charge in [0.05, 0.1) is 0 Å². The van der Waals surface area contributed by atoms with E-state index in [1.54, 1.807) is 0 Å². The van der Waals surface area contributed by atoms with Crippen LogP contribution in [0.15, 0.2) is 12.2 Å². The second kappa shape index (κ2) is 13.7. The molecule has 0 amide bonds. The van der Waals surface area contributed by atoms with Crippen molar-refractivity contribution in [2.75, 3.05) is 13.2 Å². The van der Waals surface area contributed by atoms with Gasteiger partial charge in [-0.2, -0.15) is 0 Å². The molecule has 0 radical (unpaired) electrons. The number of hydrogen-bond donors (Lipinski definition) is 0. The van der Waals surface area contributed by atoms with Crippen LogP contribution in [-0.4, -0.2) is 13.2 Å². The van der Waals surface area contributed by atoms with Crippen LogP contribution in [0.25, 0.3) is 0 Å². The van der Waals surface area contributed by atoms with E-state index in [0.717, 1.165) is 13.2 Å². The summed E-state index contributed by atoms with van der Waals surface area (Å²) in [6.07, 6.45) is 14.7. The zero-order valence-electron chi connectivity index (χ0n) is 10.6. The minimum Gasteiger partial charge on any atom is -0.381 e. The maximum Gasteiger partial charge on any atom is 0.0466 e. The number of rotatable bonds is 11. The van der Waals surface area contributed by atoms with Crippen LogP contribution in [0.5, 0.6) is 0 Å². The van der Waals surface area contributed by atoms with Crippen LogP contribution in [0, 0.1) is 0 Å². The minimum absolute atomic E-state index is 0.947. The van der Waals surface area contributed by atoms with Crippen LogP contribution in [0.1, 0.15) is 65.2 Å². The first-order chi connectivity index (χ1) is 7.41. The first-order valence-corrected chi connectivity index (χ1v) is 6.64. The van der Waals surface area contributed by atoms with Crippen molar-refractivity contribution in [3.05, 3.63) is 12.2 Å². The molecule has 0 fully saturated rings. The average molecular weight is 212 g/mol. The van der Waals surface area contributed by atoms with Crippen molar-refractivity contribution in [1.29, 1.82) is 0 Å². The molecule has 0 saturated carbocycles. The van der Waals surface area contributed by atoms with Crippen molar-refractivity contribution in [3.63, 3.8) is 0 Å². The normalized spacial score (nSPS) is 11.3. The Balaban J connectivity index is 2.95. The van der Waals surface area contributed by atoms with E-state index in [4.69, 9.17) is 4.74 Å². The molecule has 0 saturated heterocycles. The van der Waals surface area contributed by atoms with E-state index in [-0.39, 0.29) is 0 Å². The van der Waals surface area contributed by atoms with Crippen LogP contribution >= 0.6 is 0 Å². The standard InChI is InChI=1S/C14H28O/c1-3-5-7-8-9-10-11-12-14-15-13-6-4-2/h8-9H,3-7,10-14H2,1-2H3. The first kappa shape index (κ1) is 14.7. The highest BCUT2D eigenvalue weighted by molar-refractivity contribution is 4.80. The summed E-state index contributed by atoms with van der Waals surface area (Å²) in [5.41, 5.74) is 0. The van der Waals surface area contributed by atoms with Crippen molar-refractivity contribution in [2.24, 2.45) is 0 Å². The van der Waals surface area contributed by atoms with Gasteiger partial charge in [0.15, 0.2) is 0 Å². The van der Waals surface area contributed by atoms with Crippen LogP contribution in [0.3, 0.4) is 0 Å². The zero-order chi connectivity index (χ0) is 11.2. The lowest BCUT2D eigenvalue weighted by atomic mass is 10.2. The number of allylic oxidation sites excluding steroid dienone is 2. The highest BCUT2D eigenvalue weighted by atomic mass is 16.5. The number of ether oxygens (including phenoxy) is 1. The fraction of sp³-hybridized carbons (Fsp3) is 0.857. The van der Waals surface area contributed by atoms with Gasteiger partial charge >= 0.3 is 0 Å². The Bertz CT molecular complexity index is 129. The highest BCUT2D eigenvalue weighted by Crippen LogP contribution is 2.01. The molecule has 0 aromatic heterocycles. The lowest BCUT2D eigenvalue weighted by Crippen LogP contribution is -1.95. The van der Waals surface area contributed by atoms with Gasteiger partial charge in [0.2, 0.25) is 0 Å². The highest BCUT2D eigenvalue weighted by Gasteiger charge is 1.88. The van der Waals surface area contributed by atoms with E-state index in [9.17, 15) is 0 Å². The molecule has 90 valence electrons. The smallest absolute Gasteiger partial charge is 0.0466 e. The maximum absolute atomic E-state index is 5.50. The van der Waals surface area contributed by atoms with Gasteiger partial charge in [-0.25, -0.2) is 0 Å². The van der Waals surface area contributed by atoms with E-state index in [1.807, 2.05) is 0 Å². The van der Waals surface area contributed by atoms with E-state index >= 15 is 0 Å². The molecule has 0 aliphatic rings. The van der Waals surface area contributed by atoms with Gasteiger partial charge in [-0.1, -0.05) is 45.3 Å². The predicted molar refractivity (Wildman–Crippen MR) is 68.2 cm³/mol. The lowest BCUT2D eigenvalue weighted by molar-refractivity contribution is 0.128. The van der Waals surface area contributed by atoms with Crippen LogP contribution in [-0.2, 0) is 4.74 Å². The van der Waals surface area contributed by atoms with Gasteiger partial charge in [0.1, 0.15) is 0 Å². The monoisotopic (exact) mass is 212 g/mol. The Morgan fingerprint density at radius 3 is 2.00 bits per heavy atom. The van der Waals surface area contributed by atoms with E-state index < -0.39 is 0 Å². The maximum atomic E-state index is 5.50. The molecule has 0 unspecified atom stereocenters. The van der Waals surface area contributed by atoms with Crippen LogP contribution in [0.4, 0.5) is 0 Å². The minimum atomic E-state index is 0.947. The molecule has 0 aromatic carbocycles. The van der Waals surface area contributed by atoms with Gasteiger partial charge < -0.3 is 4.74 Å². The van der Waals surface area contributed by atoms with Crippen molar-refractivity contribution in [1.82, 2.24) is 0 Å². The lowest BCUT2D eigenvalue weighted by Gasteiger charge is -2.01. The molecule has 0 aliphatic carbocycles. The molecule has 15 heavy (non-hydrogen) atoms. The molecular formula is C14H28O. The topological polar surface area (TPSA) is 9.23 Å². The van der Waals surface area contributed by atoms with Gasteiger partial charge in [0, 0.05) is 13.2 Å². The Kier molecular flexibility index (Phi) is 13.4. The molecule has 0 N–H and O–H groups in total. The molecular weight excluding hydrogens is 184 g/mol. The summed E-state index contributed by atoms with van der Waals surface area (Å²) < 4.78 is 5.50. The van der Waals surface area contributed by atoms with Gasteiger partial charge in [-0.15, -0.1) is 0 Å². The molecule has 0 heterocycles. The van der Waals surface area contributed by atoms with E-state index in [1.165, 1.54) is 51.4 Å². The summed E-state index contributed by atoms with van der Waals surface area (Å²) in [6.45, 7) is 6.33. The summed E-state index contributed by atoms with van der Waals surface area (Å²) in [4.78, 5) is 0. The summed E-state index contributed by atoms with van der Waals surface area (Å²) in [5, 5.41) is 0.